The number of nitrogens with one attached hydrogen (secondary N) is 1. The van der Waals surface area contributed by atoms with Gasteiger partial charge in [0, 0.05) is 25.5 Å². The Kier molecular flexibility index (Phi) is 4.98. The number of carbonyl (C=O) groups is 1. The molecule has 1 unspecified atom stereocenters. The monoisotopic (exact) mass is 224 g/mol. The van der Waals surface area contributed by atoms with Gasteiger partial charge in [-0.1, -0.05) is 13.8 Å². The van der Waals surface area contributed by atoms with Crippen LogP contribution in [0.3, 0.4) is 0 Å². The van der Waals surface area contributed by atoms with Gasteiger partial charge in [-0.05, 0) is 12.3 Å². The fraction of sp³-hybridized carbons (Fsp3) is 0.636. The van der Waals surface area contributed by atoms with Crippen molar-refractivity contribution in [2.75, 3.05) is 13.1 Å². The molecule has 0 spiro atoms. The number of imidazole rings is 1. The van der Waals surface area contributed by atoms with Crippen molar-refractivity contribution in [1.82, 2.24) is 14.9 Å². The SMILES string of the molecule is CC(C)CC(C(=O)NCCN)n1ccnc1. The summed E-state index contributed by atoms with van der Waals surface area (Å²) in [4.78, 5) is 15.9. The average molecular weight is 224 g/mol. The van der Waals surface area contributed by atoms with Crippen LogP contribution in [-0.2, 0) is 4.79 Å². The van der Waals surface area contributed by atoms with Gasteiger partial charge < -0.3 is 15.6 Å². The summed E-state index contributed by atoms with van der Waals surface area (Å²) in [6.07, 6.45) is 5.97. The molecule has 1 heterocycles. The molecule has 0 aliphatic carbocycles. The Hall–Kier alpha value is -1.36. The van der Waals surface area contributed by atoms with Crippen molar-refractivity contribution in [3.8, 4) is 0 Å². The highest BCUT2D eigenvalue weighted by molar-refractivity contribution is 5.80. The number of hydrogen-bond donors (Lipinski definition) is 2. The molecule has 3 N–H and O–H groups in total. The lowest BCUT2D eigenvalue weighted by Crippen LogP contribution is -2.36. The molecule has 1 amide bonds. The maximum Gasteiger partial charge on any atom is 0.243 e. The molecule has 1 aromatic heterocycles. The predicted octanol–water partition coefficient (Wildman–Crippen LogP) is 0.545. The molecule has 0 saturated heterocycles. The van der Waals surface area contributed by atoms with Crippen molar-refractivity contribution >= 4 is 5.91 Å². The molecule has 5 nitrogen and oxygen atoms in total. The lowest BCUT2D eigenvalue weighted by Gasteiger charge is -2.19. The van der Waals surface area contributed by atoms with Gasteiger partial charge in [0.05, 0.1) is 6.33 Å². The summed E-state index contributed by atoms with van der Waals surface area (Å²) in [5.74, 6) is 0.466. The van der Waals surface area contributed by atoms with Crippen LogP contribution < -0.4 is 11.1 Å². The molecular weight excluding hydrogens is 204 g/mol. The quantitative estimate of drug-likeness (QED) is 0.741. The van der Waals surface area contributed by atoms with Crippen molar-refractivity contribution in [2.24, 2.45) is 11.7 Å². The minimum absolute atomic E-state index is 0.0113. The maximum atomic E-state index is 11.9. The van der Waals surface area contributed by atoms with Crippen molar-refractivity contribution in [3.63, 3.8) is 0 Å². The van der Waals surface area contributed by atoms with Crippen molar-refractivity contribution in [3.05, 3.63) is 18.7 Å². The number of carbonyl (C=O) groups excluding carboxylic acids is 1. The van der Waals surface area contributed by atoms with Crippen molar-refractivity contribution < 1.29 is 4.79 Å². The number of rotatable bonds is 6. The van der Waals surface area contributed by atoms with Gasteiger partial charge in [0.2, 0.25) is 5.91 Å². The van der Waals surface area contributed by atoms with Crippen LogP contribution in [0.2, 0.25) is 0 Å². The zero-order chi connectivity index (χ0) is 12.0. The third kappa shape index (κ3) is 3.66. The molecule has 0 bridgehead atoms. The van der Waals surface area contributed by atoms with Crippen molar-refractivity contribution in [1.29, 1.82) is 0 Å². The minimum Gasteiger partial charge on any atom is -0.353 e. The number of amides is 1. The molecule has 1 atom stereocenters. The van der Waals surface area contributed by atoms with Gasteiger partial charge in [-0.2, -0.15) is 0 Å². The van der Waals surface area contributed by atoms with Gasteiger partial charge in [0.25, 0.3) is 0 Å². The Labute approximate surface area is 96.0 Å². The van der Waals surface area contributed by atoms with E-state index in [1.165, 1.54) is 0 Å². The van der Waals surface area contributed by atoms with Gasteiger partial charge in [0.15, 0.2) is 0 Å². The predicted molar refractivity (Wildman–Crippen MR) is 62.8 cm³/mol. The first kappa shape index (κ1) is 12.7. The topological polar surface area (TPSA) is 72.9 Å². The standard InChI is InChI=1S/C11H20N4O/c1-9(2)7-10(11(16)14-4-3-12)15-6-5-13-8-15/h5-6,8-10H,3-4,7,12H2,1-2H3,(H,14,16). The van der Waals surface area contributed by atoms with Crippen LogP contribution in [0.1, 0.15) is 26.3 Å². The fourth-order valence-corrected chi connectivity index (χ4v) is 1.58. The van der Waals surface area contributed by atoms with Gasteiger partial charge in [-0.3, -0.25) is 4.79 Å². The van der Waals surface area contributed by atoms with E-state index < -0.39 is 0 Å². The van der Waals surface area contributed by atoms with Crippen LogP contribution in [0.25, 0.3) is 0 Å². The smallest absolute Gasteiger partial charge is 0.243 e. The third-order valence-corrected chi connectivity index (χ3v) is 2.33. The van der Waals surface area contributed by atoms with E-state index in [-0.39, 0.29) is 11.9 Å². The second-order valence-electron chi connectivity index (χ2n) is 4.23. The van der Waals surface area contributed by atoms with E-state index in [4.69, 9.17) is 5.73 Å². The fourth-order valence-electron chi connectivity index (χ4n) is 1.58. The molecule has 0 fully saturated rings. The van der Waals surface area contributed by atoms with Gasteiger partial charge in [0.1, 0.15) is 6.04 Å². The van der Waals surface area contributed by atoms with E-state index >= 15 is 0 Å². The zero-order valence-corrected chi connectivity index (χ0v) is 9.89. The Bertz CT molecular complexity index is 308. The molecule has 0 radical (unpaired) electrons. The molecule has 0 aliphatic rings. The molecule has 0 saturated carbocycles. The first-order chi connectivity index (χ1) is 7.65. The van der Waals surface area contributed by atoms with E-state index in [0.29, 0.717) is 19.0 Å². The summed E-state index contributed by atoms with van der Waals surface area (Å²) < 4.78 is 1.84. The summed E-state index contributed by atoms with van der Waals surface area (Å²) >= 11 is 0. The van der Waals surface area contributed by atoms with Crippen LogP contribution in [0, 0.1) is 5.92 Å². The number of aromatic nitrogens is 2. The Morgan fingerprint density at radius 3 is 2.81 bits per heavy atom. The second kappa shape index (κ2) is 6.27. The largest absolute Gasteiger partial charge is 0.353 e. The van der Waals surface area contributed by atoms with Crippen LogP contribution in [0.4, 0.5) is 0 Å². The van der Waals surface area contributed by atoms with E-state index in [1.807, 2.05) is 10.8 Å². The van der Waals surface area contributed by atoms with Crippen LogP contribution in [0.15, 0.2) is 18.7 Å². The molecule has 90 valence electrons. The number of nitrogens with two attached hydrogens (primary N) is 1. The maximum absolute atomic E-state index is 11.9. The van der Waals surface area contributed by atoms with Gasteiger partial charge >= 0.3 is 0 Å². The molecule has 1 aromatic rings. The van der Waals surface area contributed by atoms with Crippen LogP contribution in [-0.4, -0.2) is 28.5 Å². The molecule has 5 heteroatoms. The first-order valence-electron chi connectivity index (χ1n) is 5.60. The average Bonchev–Trinajstić information content (AvgIpc) is 2.75. The van der Waals surface area contributed by atoms with E-state index in [2.05, 4.69) is 24.1 Å². The second-order valence-corrected chi connectivity index (χ2v) is 4.23. The normalized spacial score (nSPS) is 12.8. The summed E-state index contributed by atoms with van der Waals surface area (Å²) in [5, 5.41) is 2.81. The highest BCUT2D eigenvalue weighted by atomic mass is 16.2. The molecule has 1 rings (SSSR count). The molecule has 16 heavy (non-hydrogen) atoms. The van der Waals surface area contributed by atoms with E-state index in [0.717, 1.165) is 6.42 Å². The molecular formula is C11H20N4O. The zero-order valence-electron chi connectivity index (χ0n) is 9.89. The summed E-state index contributed by atoms with van der Waals surface area (Å²) in [6.45, 7) is 5.17. The summed E-state index contributed by atoms with van der Waals surface area (Å²) in [6, 6.07) is -0.186. The summed E-state index contributed by atoms with van der Waals surface area (Å²) in [5.41, 5.74) is 5.36. The Balaban J connectivity index is 2.67. The molecule has 0 aliphatic heterocycles. The van der Waals surface area contributed by atoms with E-state index in [9.17, 15) is 4.79 Å². The Morgan fingerprint density at radius 1 is 1.56 bits per heavy atom. The third-order valence-electron chi connectivity index (χ3n) is 2.33. The van der Waals surface area contributed by atoms with Gasteiger partial charge in [-0.15, -0.1) is 0 Å². The Morgan fingerprint density at radius 2 is 2.31 bits per heavy atom. The van der Waals surface area contributed by atoms with Crippen molar-refractivity contribution in [2.45, 2.75) is 26.3 Å². The lowest BCUT2D eigenvalue weighted by atomic mass is 10.0. The summed E-state index contributed by atoms with van der Waals surface area (Å²) in [7, 11) is 0. The highest BCUT2D eigenvalue weighted by Gasteiger charge is 2.20. The van der Waals surface area contributed by atoms with E-state index in [1.54, 1.807) is 12.5 Å². The lowest BCUT2D eigenvalue weighted by molar-refractivity contribution is -0.124. The highest BCUT2D eigenvalue weighted by Crippen LogP contribution is 2.17. The first-order valence-corrected chi connectivity index (χ1v) is 5.60. The van der Waals surface area contributed by atoms with Crippen LogP contribution >= 0.6 is 0 Å². The van der Waals surface area contributed by atoms with Crippen LogP contribution in [0.5, 0.6) is 0 Å². The van der Waals surface area contributed by atoms with Gasteiger partial charge in [-0.25, -0.2) is 4.98 Å². The minimum atomic E-state index is -0.186. The number of hydrogen-bond acceptors (Lipinski definition) is 3. The molecule has 0 aromatic carbocycles. The number of nitrogens with zero attached hydrogens (tertiary/aromatic N) is 2.